The summed E-state index contributed by atoms with van der Waals surface area (Å²) < 4.78 is 5.47. The lowest BCUT2D eigenvalue weighted by Crippen LogP contribution is -2.29. The number of hydrogen-bond acceptors (Lipinski definition) is 3. The van der Waals surface area contributed by atoms with Crippen LogP contribution in [0.15, 0.2) is 24.3 Å². The molecule has 1 aromatic carbocycles. The molecule has 17 heavy (non-hydrogen) atoms. The van der Waals surface area contributed by atoms with Gasteiger partial charge in [-0.05, 0) is 19.9 Å². The molecule has 0 fully saturated rings. The maximum atomic E-state index is 11.5. The molecular weight excluding hydrogens is 216 g/mol. The molecule has 0 aliphatic heterocycles. The first-order valence-corrected chi connectivity index (χ1v) is 5.86. The molecule has 0 aromatic heterocycles. The number of carbonyl (C=O) groups is 1. The Balaban J connectivity index is 2.53. The van der Waals surface area contributed by atoms with E-state index in [9.17, 15) is 4.79 Å². The summed E-state index contributed by atoms with van der Waals surface area (Å²) in [7, 11) is 0. The highest BCUT2D eigenvalue weighted by Gasteiger charge is 2.06. The molecule has 1 amide bonds. The summed E-state index contributed by atoms with van der Waals surface area (Å²) in [4.78, 5) is 11.5. The third-order valence-electron chi connectivity index (χ3n) is 2.26. The highest BCUT2D eigenvalue weighted by molar-refractivity contribution is 5.76. The number of para-hydroxylation sites is 1. The smallest absolute Gasteiger partial charge is 0.221 e. The minimum atomic E-state index is -0.114. The van der Waals surface area contributed by atoms with E-state index in [0.29, 0.717) is 19.6 Å². The molecule has 0 saturated heterocycles. The van der Waals surface area contributed by atoms with Crippen molar-refractivity contribution in [2.75, 3.05) is 6.61 Å². The van der Waals surface area contributed by atoms with Gasteiger partial charge in [-0.3, -0.25) is 4.79 Å². The Hall–Kier alpha value is -1.55. The number of ether oxygens (including phenoxy) is 1. The van der Waals surface area contributed by atoms with E-state index in [4.69, 9.17) is 10.5 Å². The summed E-state index contributed by atoms with van der Waals surface area (Å²) in [6, 6.07) is 7.57. The van der Waals surface area contributed by atoms with Crippen molar-refractivity contribution in [2.45, 2.75) is 32.9 Å². The number of carbonyl (C=O) groups excluding carboxylic acids is 1. The van der Waals surface area contributed by atoms with Gasteiger partial charge < -0.3 is 15.8 Å². The van der Waals surface area contributed by atoms with Crippen LogP contribution in [0.5, 0.6) is 5.75 Å². The molecule has 4 heteroatoms. The largest absolute Gasteiger partial charge is 0.494 e. The standard InChI is InChI=1S/C13H20N2O2/c1-3-17-12-7-5-4-6-11(12)9-15-13(16)8-10(2)14/h4-7,10H,3,8-9,14H2,1-2H3,(H,15,16). The zero-order valence-corrected chi connectivity index (χ0v) is 10.4. The molecule has 0 heterocycles. The highest BCUT2D eigenvalue weighted by Crippen LogP contribution is 2.17. The molecular formula is C13H20N2O2. The number of hydrogen-bond donors (Lipinski definition) is 2. The van der Waals surface area contributed by atoms with Crippen molar-refractivity contribution in [3.8, 4) is 5.75 Å². The van der Waals surface area contributed by atoms with Gasteiger partial charge in [0.05, 0.1) is 6.61 Å². The summed E-state index contributed by atoms with van der Waals surface area (Å²) in [5.41, 5.74) is 6.53. The lowest BCUT2D eigenvalue weighted by molar-refractivity contribution is -0.121. The van der Waals surface area contributed by atoms with E-state index >= 15 is 0 Å². The minimum absolute atomic E-state index is 0.0358. The van der Waals surface area contributed by atoms with Crippen molar-refractivity contribution in [3.05, 3.63) is 29.8 Å². The maximum Gasteiger partial charge on any atom is 0.221 e. The molecule has 94 valence electrons. The van der Waals surface area contributed by atoms with Crippen LogP contribution >= 0.6 is 0 Å². The lowest BCUT2D eigenvalue weighted by Gasteiger charge is -2.11. The van der Waals surface area contributed by atoms with E-state index in [1.54, 1.807) is 0 Å². The van der Waals surface area contributed by atoms with Gasteiger partial charge in [0.1, 0.15) is 5.75 Å². The number of benzene rings is 1. The third-order valence-corrected chi connectivity index (χ3v) is 2.26. The predicted molar refractivity (Wildman–Crippen MR) is 67.7 cm³/mol. The Morgan fingerprint density at radius 3 is 2.82 bits per heavy atom. The monoisotopic (exact) mass is 236 g/mol. The second-order valence-corrected chi connectivity index (χ2v) is 4.00. The molecule has 0 aliphatic carbocycles. The van der Waals surface area contributed by atoms with Gasteiger partial charge in [0.25, 0.3) is 0 Å². The predicted octanol–water partition coefficient (Wildman–Crippen LogP) is 1.44. The van der Waals surface area contributed by atoms with Crippen LogP contribution in [0, 0.1) is 0 Å². The Labute approximate surface area is 102 Å². The number of amides is 1. The zero-order valence-electron chi connectivity index (χ0n) is 10.4. The zero-order chi connectivity index (χ0) is 12.7. The normalized spacial score (nSPS) is 11.9. The SMILES string of the molecule is CCOc1ccccc1CNC(=O)CC(C)N. The van der Waals surface area contributed by atoms with Crippen LogP contribution in [0.1, 0.15) is 25.8 Å². The fraction of sp³-hybridized carbons (Fsp3) is 0.462. The van der Waals surface area contributed by atoms with Crippen molar-refractivity contribution in [1.82, 2.24) is 5.32 Å². The lowest BCUT2D eigenvalue weighted by atomic mass is 10.2. The molecule has 0 aliphatic rings. The van der Waals surface area contributed by atoms with Gasteiger partial charge in [0.2, 0.25) is 5.91 Å². The van der Waals surface area contributed by atoms with Gasteiger partial charge in [0, 0.05) is 24.6 Å². The summed E-state index contributed by atoms with van der Waals surface area (Å²) in [5, 5.41) is 2.83. The number of rotatable bonds is 6. The summed E-state index contributed by atoms with van der Waals surface area (Å²) in [6.45, 7) is 4.84. The number of nitrogens with two attached hydrogens (primary N) is 1. The van der Waals surface area contributed by atoms with E-state index in [1.165, 1.54) is 0 Å². The second-order valence-electron chi connectivity index (χ2n) is 4.00. The Kier molecular flexibility index (Phi) is 5.49. The molecule has 1 unspecified atom stereocenters. The van der Waals surface area contributed by atoms with E-state index in [1.807, 2.05) is 38.1 Å². The van der Waals surface area contributed by atoms with Crippen LogP contribution in [0.3, 0.4) is 0 Å². The fourth-order valence-corrected chi connectivity index (χ4v) is 1.50. The summed E-state index contributed by atoms with van der Waals surface area (Å²) >= 11 is 0. The molecule has 0 radical (unpaired) electrons. The van der Waals surface area contributed by atoms with Gasteiger partial charge >= 0.3 is 0 Å². The van der Waals surface area contributed by atoms with Gasteiger partial charge in [-0.15, -0.1) is 0 Å². The molecule has 1 aromatic rings. The van der Waals surface area contributed by atoms with Crippen molar-refractivity contribution in [3.63, 3.8) is 0 Å². The van der Waals surface area contributed by atoms with Crippen LogP contribution in [-0.4, -0.2) is 18.6 Å². The van der Waals surface area contributed by atoms with Gasteiger partial charge in [-0.25, -0.2) is 0 Å². The third kappa shape index (κ3) is 4.87. The van der Waals surface area contributed by atoms with Crippen LogP contribution in [-0.2, 0) is 11.3 Å². The minimum Gasteiger partial charge on any atom is -0.494 e. The summed E-state index contributed by atoms with van der Waals surface area (Å²) in [6.07, 6.45) is 0.344. The Morgan fingerprint density at radius 2 is 2.18 bits per heavy atom. The Bertz CT molecular complexity index is 364. The highest BCUT2D eigenvalue weighted by atomic mass is 16.5. The molecule has 1 rings (SSSR count). The van der Waals surface area contributed by atoms with Crippen molar-refractivity contribution < 1.29 is 9.53 Å². The molecule has 0 saturated carbocycles. The first kappa shape index (κ1) is 13.5. The molecule has 1 atom stereocenters. The second kappa shape index (κ2) is 6.91. The van der Waals surface area contributed by atoms with E-state index in [-0.39, 0.29) is 11.9 Å². The van der Waals surface area contributed by atoms with Crippen LogP contribution in [0.25, 0.3) is 0 Å². The first-order chi connectivity index (χ1) is 8.13. The number of nitrogens with one attached hydrogen (secondary N) is 1. The van der Waals surface area contributed by atoms with Crippen LogP contribution in [0.2, 0.25) is 0 Å². The van der Waals surface area contributed by atoms with E-state index < -0.39 is 0 Å². The van der Waals surface area contributed by atoms with Gasteiger partial charge in [-0.1, -0.05) is 18.2 Å². The fourth-order valence-electron chi connectivity index (χ4n) is 1.50. The molecule has 3 N–H and O–H groups in total. The van der Waals surface area contributed by atoms with Crippen LogP contribution in [0.4, 0.5) is 0 Å². The quantitative estimate of drug-likeness (QED) is 0.785. The average molecular weight is 236 g/mol. The summed E-state index contributed by atoms with van der Waals surface area (Å²) in [5.74, 6) is 0.780. The van der Waals surface area contributed by atoms with E-state index in [0.717, 1.165) is 11.3 Å². The van der Waals surface area contributed by atoms with Crippen molar-refractivity contribution in [1.29, 1.82) is 0 Å². The van der Waals surface area contributed by atoms with Crippen molar-refractivity contribution in [2.24, 2.45) is 5.73 Å². The molecule has 4 nitrogen and oxygen atoms in total. The molecule has 0 spiro atoms. The van der Waals surface area contributed by atoms with Gasteiger partial charge in [0.15, 0.2) is 0 Å². The van der Waals surface area contributed by atoms with E-state index in [2.05, 4.69) is 5.32 Å². The molecule has 0 bridgehead atoms. The average Bonchev–Trinajstić information content (AvgIpc) is 2.27. The van der Waals surface area contributed by atoms with Gasteiger partial charge in [-0.2, -0.15) is 0 Å². The topological polar surface area (TPSA) is 64.3 Å². The first-order valence-electron chi connectivity index (χ1n) is 5.86. The van der Waals surface area contributed by atoms with Crippen LogP contribution < -0.4 is 15.8 Å². The maximum absolute atomic E-state index is 11.5. The van der Waals surface area contributed by atoms with Crippen molar-refractivity contribution >= 4 is 5.91 Å². The Morgan fingerprint density at radius 1 is 1.47 bits per heavy atom.